The maximum absolute atomic E-state index is 16.2. The van der Waals surface area contributed by atoms with Gasteiger partial charge in [0.2, 0.25) is 53.4 Å². The molecule has 2 saturated heterocycles. The van der Waals surface area contributed by atoms with Gasteiger partial charge in [0.25, 0.3) is 0 Å². The van der Waals surface area contributed by atoms with Crippen molar-refractivity contribution < 1.29 is 122 Å². The van der Waals surface area contributed by atoms with Gasteiger partial charge < -0.3 is 133 Å². The average molecular weight is 1520 g/mol. The molecule has 1 aliphatic carbocycles. The minimum absolute atomic E-state index is 0.0174. The summed E-state index contributed by atoms with van der Waals surface area (Å²) in [7, 11) is 1.47. The Bertz CT molecular complexity index is 4330. The number of fused-ring (bicyclic) bond motifs is 15. The van der Waals surface area contributed by atoms with E-state index in [-0.39, 0.29) is 63.1 Å². The van der Waals surface area contributed by atoms with Crippen molar-refractivity contribution >= 4 is 70.5 Å². The Hall–Kier alpha value is -9.66. The lowest BCUT2D eigenvalue weighted by molar-refractivity contribution is -0.333. The standard InChI is InChI=1S/C70H79Cl2N9O25/c1-25(2)14-36(75-5)62(92)80-52-54(86)28-7-10-40(34(71)16-28)102-42-18-31-19-43(59(42)106-69-60(58(90)56(88)44(23-82)104-69)105-46-22-70(4,74)61(91)26(3)101-46)103-41-11-8-29(17-35(41)72)55(87)53-67(97)79-51(68(98)99)33-20-39(84)47(30-12-13-100-24-30)57(89)48(33)32-15-27(6-9-38(32)83)49(64(94)81-53)78-65(95)50(31)77-63(93)37(21-45(73)85)76-66(52)96/h6-13,15-16,18-20,24-26,35-37,44,46,49-56,58,60-61,69,75,82-84,86-91H,14,17,21-23,74H2,1-5H3,(H2,73,85)(H,76,96)(H,77,93)(H,78,95)(H,79,97)(H,80,92)(H,81,94)(H,98,99)/t26?,35?,36-,37+,44?,46?,49-,50-,51+,52-,53+,54-,55-,56?,58?,60?,61?,69?,70?/m1/s1. The summed E-state index contributed by atoms with van der Waals surface area (Å²) in [5.74, 6) is -15.9. The molecule has 4 aromatic carbocycles. The van der Waals surface area contributed by atoms with Crippen LogP contribution in [0.2, 0.25) is 5.02 Å². The van der Waals surface area contributed by atoms with E-state index in [1.54, 1.807) is 0 Å². The van der Waals surface area contributed by atoms with Crippen molar-refractivity contribution in [1.29, 1.82) is 0 Å². The number of benzene rings is 4. The monoisotopic (exact) mass is 1520 g/mol. The van der Waals surface area contributed by atoms with E-state index in [0.29, 0.717) is 0 Å². The quantitative estimate of drug-likeness (QED) is 0.0671. The van der Waals surface area contributed by atoms with Crippen LogP contribution in [0.25, 0.3) is 22.3 Å². The van der Waals surface area contributed by atoms with Crippen LogP contribution in [0.4, 0.5) is 0 Å². The highest BCUT2D eigenvalue weighted by Crippen LogP contribution is 2.52. The van der Waals surface area contributed by atoms with Crippen molar-refractivity contribution in [2.45, 2.75) is 168 Å². The molecule has 106 heavy (non-hydrogen) atoms. The second-order valence-corrected chi connectivity index (χ2v) is 28.1. The fraction of sp³-hybridized carbons (Fsp3) is 0.429. The molecule has 13 rings (SSSR count). The summed E-state index contributed by atoms with van der Waals surface area (Å²) in [6, 6.07) is -3.45. The van der Waals surface area contributed by atoms with E-state index < -0.39 is 238 Å². The second kappa shape index (κ2) is 31.4. The first-order valence-electron chi connectivity index (χ1n) is 33.4. The summed E-state index contributed by atoms with van der Waals surface area (Å²) in [6.07, 6.45) is -14.3. The van der Waals surface area contributed by atoms with Gasteiger partial charge in [-0.05, 0) is 117 Å². The van der Waals surface area contributed by atoms with Gasteiger partial charge in [0.1, 0.15) is 89.5 Å². The molecule has 34 nitrogen and oxygen atoms in total. The van der Waals surface area contributed by atoms with E-state index in [1.807, 2.05) is 13.8 Å². The number of aromatic hydroxyl groups is 3. The fourth-order valence-corrected chi connectivity index (χ4v) is 14.0. The Morgan fingerprint density at radius 2 is 1.46 bits per heavy atom. The molecule has 8 heterocycles. The lowest BCUT2D eigenvalue weighted by Crippen LogP contribution is -2.64. The first-order chi connectivity index (χ1) is 50.2. The van der Waals surface area contributed by atoms with Gasteiger partial charge in [-0.1, -0.05) is 43.7 Å². The summed E-state index contributed by atoms with van der Waals surface area (Å²) < 4.78 is 43.8. The van der Waals surface area contributed by atoms with E-state index in [2.05, 4.69) is 37.2 Å². The van der Waals surface area contributed by atoms with Crippen LogP contribution in [0, 0.1) is 5.92 Å². The predicted octanol–water partition coefficient (Wildman–Crippen LogP) is 0.448. The maximum Gasteiger partial charge on any atom is 0.330 e. The number of carboxylic acid groups (broad SMARTS) is 1. The van der Waals surface area contributed by atoms with E-state index in [0.717, 1.165) is 48.7 Å². The Labute approximate surface area is 612 Å². The molecule has 5 aromatic rings. The van der Waals surface area contributed by atoms with Gasteiger partial charge in [-0.25, -0.2) is 4.79 Å². The van der Waals surface area contributed by atoms with Gasteiger partial charge in [0, 0.05) is 34.2 Å². The van der Waals surface area contributed by atoms with Crippen LogP contribution in [-0.4, -0.2) is 202 Å². The number of phenols is 3. The number of nitrogens with one attached hydrogen (secondary N) is 7. The minimum Gasteiger partial charge on any atom is -0.507 e. The van der Waals surface area contributed by atoms with Crippen molar-refractivity contribution in [3.05, 3.63) is 124 Å². The van der Waals surface area contributed by atoms with Crippen molar-refractivity contribution in [2.24, 2.45) is 17.4 Å². The Morgan fingerprint density at radius 3 is 2.10 bits per heavy atom. The van der Waals surface area contributed by atoms with Crippen LogP contribution in [0.15, 0.2) is 101 Å². The second-order valence-electron chi connectivity index (χ2n) is 27.2. The van der Waals surface area contributed by atoms with Gasteiger partial charge >= 0.3 is 5.97 Å². The summed E-state index contributed by atoms with van der Waals surface area (Å²) in [5, 5.41) is 132. The first-order valence-corrected chi connectivity index (χ1v) is 34.2. The molecule has 0 spiro atoms. The number of aliphatic hydroxyl groups excluding tert-OH is 6. The van der Waals surface area contributed by atoms with Crippen LogP contribution in [-0.2, 0) is 52.6 Å². The zero-order chi connectivity index (χ0) is 76.8. The van der Waals surface area contributed by atoms with Crippen molar-refractivity contribution in [3.8, 4) is 62.5 Å². The minimum atomic E-state index is -2.36. The molecule has 19 atom stereocenters. The van der Waals surface area contributed by atoms with Crippen LogP contribution in [0.3, 0.4) is 0 Å². The van der Waals surface area contributed by atoms with Crippen LogP contribution < -0.4 is 62.9 Å². The molecule has 2 fully saturated rings. The van der Waals surface area contributed by atoms with Gasteiger partial charge in [0.05, 0.1) is 59.8 Å². The molecule has 11 bridgehead atoms. The molecule has 1 aromatic heterocycles. The molecule has 0 radical (unpaired) electrons. The van der Waals surface area contributed by atoms with Crippen molar-refractivity contribution in [3.63, 3.8) is 0 Å². The lowest BCUT2D eigenvalue weighted by atomic mass is 9.86. The van der Waals surface area contributed by atoms with Gasteiger partial charge in [-0.15, -0.1) is 11.6 Å². The smallest absolute Gasteiger partial charge is 0.330 e. The molecule has 0 saturated carbocycles. The third-order valence-corrected chi connectivity index (χ3v) is 19.7. The number of carbonyl (C=O) groups is 8. The van der Waals surface area contributed by atoms with Gasteiger partial charge in [-0.3, -0.25) is 33.6 Å². The highest BCUT2D eigenvalue weighted by molar-refractivity contribution is 6.32. The number of hydrogen-bond donors (Lipinski definition) is 19. The highest BCUT2D eigenvalue weighted by Gasteiger charge is 2.52. The van der Waals surface area contributed by atoms with E-state index in [1.165, 1.54) is 57.5 Å². The van der Waals surface area contributed by atoms with E-state index in [9.17, 15) is 70.2 Å². The fourth-order valence-electron chi connectivity index (χ4n) is 13.4. The molecule has 7 amide bonds. The SMILES string of the molecule is CN[C@H](CC(C)C)C(=O)N[C@H]1C(=O)N[C@@H](CC(N)=O)C(=O)N[C@H]2C(=O)N[C@H]3C(=O)N[C@H](C(=O)N[C@H](C(=O)O)c4cc(O)c(-c5ccoc5)c(O)c4-c4cc3ccc4O)[C@H](O)C3=CC=C(Oc4cc2cc(c4OC2OC(CO)C(O)C(O)C2OC2CC(C)(N)C(O)C(C)O2)Oc2ccc(cc2Cl)[C@H]1O)C(Cl)C3. The molecule has 10 unspecified atom stereocenters. The van der Waals surface area contributed by atoms with Gasteiger partial charge in [0.15, 0.2) is 29.9 Å². The number of rotatable bonds is 14. The van der Waals surface area contributed by atoms with E-state index >= 15 is 19.2 Å². The Balaban J connectivity index is 1.17. The summed E-state index contributed by atoms with van der Waals surface area (Å²) in [6.45, 7) is 5.67. The molecule has 36 heteroatoms. The average Bonchev–Trinajstić information content (AvgIpc) is 0.886. The summed E-state index contributed by atoms with van der Waals surface area (Å²) in [5.41, 5.74) is 7.72. The Morgan fingerprint density at radius 1 is 0.774 bits per heavy atom. The number of nitrogens with two attached hydrogens (primary N) is 2. The lowest BCUT2D eigenvalue weighted by Gasteiger charge is -2.47. The largest absolute Gasteiger partial charge is 0.507 e. The molecule has 7 aliphatic heterocycles. The number of hydrogen-bond acceptors (Lipinski definition) is 26. The van der Waals surface area contributed by atoms with Crippen LogP contribution in [0.1, 0.15) is 99.9 Å². The number of amides is 7. The van der Waals surface area contributed by atoms with Crippen LogP contribution >= 0.6 is 23.2 Å². The number of aliphatic carboxylic acids is 1. The molecular weight excluding hydrogens is 1440 g/mol. The topological polar surface area (TPSA) is 544 Å². The number of ether oxygens (including phenoxy) is 6. The number of furan rings is 1. The zero-order valence-corrected chi connectivity index (χ0v) is 58.6. The third-order valence-electron chi connectivity index (χ3n) is 19.0. The first kappa shape index (κ1) is 77.4. The molecular formula is C70H79Cl2N9O25. The Kier molecular flexibility index (Phi) is 23.0. The number of carbonyl (C=O) groups excluding carboxylic acids is 7. The number of halogens is 2. The maximum atomic E-state index is 16.2. The number of aliphatic hydroxyl groups is 6. The zero-order valence-electron chi connectivity index (χ0n) is 57.1. The predicted molar refractivity (Wildman–Crippen MR) is 368 cm³/mol. The van der Waals surface area contributed by atoms with E-state index in [4.69, 9.17) is 67.5 Å². The molecule has 21 N–H and O–H groups in total. The number of phenolic OH excluding ortho intramolecular Hbond substituents is 3. The van der Waals surface area contributed by atoms with Gasteiger partial charge in [-0.2, -0.15) is 0 Å². The highest BCUT2D eigenvalue weighted by atomic mass is 35.5. The number of allylic oxidation sites excluding steroid dienone is 3. The number of primary amides is 1. The molecule has 568 valence electrons. The number of carboxylic acids is 1. The number of alkyl halides is 1. The van der Waals surface area contributed by atoms with Crippen molar-refractivity contribution in [2.75, 3.05) is 13.7 Å². The molecule has 8 aliphatic rings. The number of likely N-dealkylation sites (N-methyl/N-ethyl adjacent to an activating group) is 1. The normalized spacial score (nSPS) is 30.1. The third kappa shape index (κ3) is 15.9. The van der Waals surface area contributed by atoms with Crippen molar-refractivity contribution in [1.82, 2.24) is 37.2 Å². The summed E-state index contributed by atoms with van der Waals surface area (Å²) >= 11 is 14.3. The van der Waals surface area contributed by atoms with Crippen LogP contribution in [0.5, 0.6) is 40.2 Å². The summed E-state index contributed by atoms with van der Waals surface area (Å²) in [4.78, 5) is 118.